The minimum Gasteiger partial charge on any atom is -0.378 e. The van der Waals surface area contributed by atoms with Crippen molar-refractivity contribution in [1.82, 2.24) is 5.32 Å². The average molecular weight is 284 g/mol. The van der Waals surface area contributed by atoms with Gasteiger partial charge in [-0.1, -0.05) is 28.1 Å². The van der Waals surface area contributed by atoms with Crippen LogP contribution in [0.15, 0.2) is 28.7 Å². The van der Waals surface area contributed by atoms with Gasteiger partial charge in [0.1, 0.15) is 0 Å². The van der Waals surface area contributed by atoms with Gasteiger partial charge < -0.3 is 10.1 Å². The van der Waals surface area contributed by atoms with Gasteiger partial charge in [-0.15, -0.1) is 0 Å². The Morgan fingerprint density at radius 1 is 1.44 bits per heavy atom. The number of ketones is 1. The minimum atomic E-state index is 0.157. The molecular formula is C12H14BrNO2. The molecule has 0 amide bonds. The van der Waals surface area contributed by atoms with E-state index in [1.165, 1.54) is 0 Å². The fraction of sp³-hybridized carbons (Fsp3) is 0.417. The number of halogens is 1. The molecule has 1 saturated heterocycles. The summed E-state index contributed by atoms with van der Waals surface area (Å²) in [5.41, 5.74) is 0.760. The molecule has 1 unspecified atom stereocenters. The van der Waals surface area contributed by atoms with Crippen LogP contribution in [-0.2, 0) is 4.74 Å². The summed E-state index contributed by atoms with van der Waals surface area (Å²) < 4.78 is 6.30. The van der Waals surface area contributed by atoms with Crippen molar-refractivity contribution in [3.63, 3.8) is 0 Å². The van der Waals surface area contributed by atoms with Gasteiger partial charge in [0.2, 0.25) is 0 Å². The number of benzene rings is 1. The topological polar surface area (TPSA) is 38.3 Å². The fourth-order valence-corrected chi connectivity index (χ4v) is 1.99. The van der Waals surface area contributed by atoms with E-state index < -0.39 is 0 Å². The van der Waals surface area contributed by atoms with Gasteiger partial charge in [0.05, 0.1) is 13.2 Å². The third-order valence-corrected chi connectivity index (χ3v) is 3.13. The number of ether oxygens (including phenoxy) is 1. The van der Waals surface area contributed by atoms with Crippen LogP contribution < -0.4 is 5.32 Å². The lowest BCUT2D eigenvalue weighted by Gasteiger charge is -2.23. The summed E-state index contributed by atoms with van der Waals surface area (Å²) in [6, 6.07) is 7.62. The number of hydrogen-bond acceptors (Lipinski definition) is 3. The number of carbonyl (C=O) groups is 1. The molecule has 0 bridgehead atoms. The SMILES string of the molecule is O=C(CC1COCCN1)c1ccc(Br)cc1. The lowest BCUT2D eigenvalue weighted by Crippen LogP contribution is -2.42. The first-order valence-electron chi connectivity index (χ1n) is 5.35. The number of morpholine rings is 1. The average Bonchev–Trinajstić information content (AvgIpc) is 2.31. The van der Waals surface area contributed by atoms with E-state index >= 15 is 0 Å². The Morgan fingerprint density at radius 3 is 2.81 bits per heavy atom. The summed E-state index contributed by atoms with van der Waals surface area (Å²) in [7, 11) is 0. The van der Waals surface area contributed by atoms with E-state index in [2.05, 4.69) is 21.2 Å². The predicted octanol–water partition coefficient (Wildman–Crippen LogP) is 2.01. The lowest BCUT2D eigenvalue weighted by atomic mass is 10.0. The van der Waals surface area contributed by atoms with Crippen LogP contribution in [-0.4, -0.2) is 31.6 Å². The molecule has 0 saturated carbocycles. The van der Waals surface area contributed by atoms with Crippen molar-refractivity contribution in [2.75, 3.05) is 19.8 Å². The Bertz CT molecular complexity index is 358. The van der Waals surface area contributed by atoms with Gasteiger partial charge in [-0.3, -0.25) is 4.79 Å². The van der Waals surface area contributed by atoms with Gasteiger partial charge in [-0.25, -0.2) is 0 Å². The lowest BCUT2D eigenvalue weighted by molar-refractivity contribution is 0.0676. The maximum absolute atomic E-state index is 11.9. The highest BCUT2D eigenvalue weighted by molar-refractivity contribution is 9.10. The molecule has 1 atom stereocenters. The highest BCUT2D eigenvalue weighted by Gasteiger charge is 2.17. The molecule has 16 heavy (non-hydrogen) atoms. The molecule has 1 aromatic carbocycles. The first-order chi connectivity index (χ1) is 7.75. The Kier molecular flexibility index (Phi) is 4.09. The van der Waals surface area contributed by atoms with Crippen molar-refractivity contribution in [3.8, 4) is 0 Å². The van der Waals surface area contributed by atoms with E-state index in [9.17, 15) is 4.79 Å². The molecule has 0 radical (unpaired) electrons. The normalized spacial score (nSPS) is 20.7. The summed E-state index contributed by atoms with van der Waals surface area (Å²) in [5, 5.41) is 3.28. The molecule has 0 aliphatic carbocycles. The summed E-state index contributed by atoms with van der Waals surface area (Å²) >= 11 is 3.35. The second-order valence-corrected chi connectivity index (χ2v) is 4.78. The van der Waals surface area contributed by atoms with Crippen molar-refractivity contribution < 1.29 is 9.53 Å². The Labute approximate surface area is 103 Å². The molecule has 2 rings (SSSR count). The van der Waals surface area contributed by atoms with Gasteiger partial charge >= 0.3 is 0 Å². The molecule has 1 heterocycles. The molecule has 1 aromatic rings. The second-order valence-electron chi connectivity index (χ2n) is 3.86. The van der Waals surface area contributed by atoms with Crippen LogP contribution in [0.3, 0.4) is 0 Å². The molecule has 0 spiro atoms. The van der Waals surface area contributed by atoms with Crippen LogP contribution in [0, 0.1) is 0 Å². The maximum Gasteiger partial charge on any atom is 0.164 e. The first-order valence-corrected chi connectivity index (χ1v) is 6.15. The fourth-order valence-electron chi connectivity index (χ4n) is 1.73. The number of rotatable bonds is 3. The van der Waals surface area contributed by atoms with Gasteiger partial charge in [-0.05, 0) is 12.1 Å². The molecule has 1 aliphatic rings. The van der Waals surface area contributed by atoms with Crippen LogP contribution >= 0.6 is 15.9 Å². The molecular weight excluding hydrogens is 270 g/mol. The van der Waals surface area contributed by atoms with E-state index in [-0.39, 0.29) is 11.8 Å². The summed E-state index contributed by atoms with van der Waals surface area (Å²) in [5.74, 6) is 0.163. The Hall–Kier alpha value is -0.710. The number of hydrogen-bond donors (Lipinski definition) is 1. The van der Waals surface area contributed by atoms with Crippen LogP contribution in [0.25, 0.3) is 0 Å². The monoisotopic (exact) mass is 283 g/mol. The zero-order chi connectivity index (χ0) is 11.4. The zero-order valence-corrected chi connectivity index (χ0v) is 10.5. The minimum absolute atomic E-state index is 0.157. The quantitative estimate of drug-likeness (QED) is 0.863. The molecule has 1 aliphatic heterocycles. The van der Waals surface area contributed by atoms with Gasteiger partial charge in [-0.2, -0.15) is 0 Å². The number of carbonyl (C=O) groups excluding carboxylic acids is 1. The van der Waals surface area contributed by atoms with Gasteiger partial charge in [0, 0.05) is 29.0 Å². The largest absolute Gasteiger partial charge is 0.378 e. The molecule has 1 fully saturated rings. The number of nitrogens with one attached hydrogen (secondary N) is 1. The van der Waals surface area contributed by atoms with Crippen LogP contribution in [0.5, 0.6) is 0 Å². The molecule has 86 valence electrons. The van der Waals surface area contributed by atoms with Crippen molar-refractivity contribution in [2.24, 2.45) is 0 Å². The molecule has 1 N–H and O–H groups in total. The highest BCUT2D eigenvalue weighted by atomic mass is 79.9. The molecule has 4 heteroatoms. The third-order valence-electron chi connectivity index (χ3n) is 2.60. The molecule has 0 aromatic heterocycles. The van der Waals surface area contributed by atoms with Gasteiger partial charge in [0.15, 0.2) is 5.78 Å². The Balaban J connectivity index is 1.94. The van der Waals surface area contributed by atoms with Crippen molar-refractivity contribution in [2.45, 2.75) is 12.5 Å². The second kappa shape index (κ2) is 5.57. The van der Waals surface area contributed by atoms with Crippen molar-refractivity contribution in [3.05, 3.63) is 34.3 Å². The molecule has 3 nitrogen and oxygen atoms in total. The summed E-state index contributed by atoms with van der Waals surface area (Å²) in [4.78, 5) is 11.9. The summed E-state index contributed by atoms with van der Waals surface area (Å²) in [6.45, 7) is 2.20. The van der Waals surface area contributed by atoms with E-state index in [1.54, 1.807) is 0 Å². The zero-order valence-electron chi connectivity index (χ0n) is 8.91. The van der Waals surface area contributed by atoms with Crippen molar-refractivity contribution >= 4 is 21.7 Å². The van der Waals surface area contributed by atoms with Crippen LogP contribution in [0.1, 0.15) is 16.8 Å². The highest BCUT2D eigenvalue weighted by Crippen LogP contribution is 2.13. The maximum atomic E-state index is 11.9. The predicted molar refractivity (Wildman–Crippen MR) is 65.7 cm³/mol. The van der Waals surface area contributed by atoms with E-state index in [0.717, 1.165) is 23.2 Å². The smallest absolute Gasteiger partial charge is 0.164 e. The Morgan fingerprint density at radius 2 is 2.19 bits per heavy atom. The van der Waals surface area contributed by atoms with Crippen LogP contribution in [0.2, 0.25) is 0 Å². The van der Waals surface area contributed by atoms with Crippen LogP contribution in [0.4, 0.5) is 0 Å². The van der Waals surface area contributed by atoms with E-state index in [4.69, 9.17) is 4.74 Å². The van der Waals surface area contributed by atoms with Gasteiger partial charge in [0.25, 0.3) is 0 Å². The third kappa shape index (κ3) is 3.14. The standard InChI is InChI=1S/C12H14BrNO2/c13-10-3-1-9(2-4-10)12(15)7-11-8-16-6-5-14-11/h1-4,11,14H,5-8H2. The summed E-state index contributed by atoms with van der Waals surface area (Å²) in [6.07, 6.45) is 0.502. The van der Waals surface area contributed by atoms with Crippen molar-refractivity contribution in [1.29, 1.82) is 0 Å². The number of Topliss-reactive ketones (excluding diaryl/α,β-unsaturated/α-hetero) is 1. The van der Waals surface area contributed by atoms with E-state index in [1.807, 2.05) is 24.3 Å². The van der Waals surface area contributed by atoms with E-state index in [0.29, 0.717) is 13.0 Å². The first kappa shape index (κ1) is 11.8.